The van der Waals surface area contributed by atoms with Crippen LogP contribution in [0.25, 0.3) is 10.8 Å². The third-order valence-corrected chi connectivity index (χ3v) is 4.77. The average Bonchev–Trinajstić information content (AvgIpc) is 2.46. The van der Waals surface area contributed by atoms with Gasteiger partial charge in [-0.05, 0) is 73.0 Å². The number of halogens is 2. The Morgan fingerprint density at radius 1 is 1.16 bits per heavy atom. The molecule has 0 bridgehead atoms. The number of aryl methyl sites for hydroxylation is 1. The van der Waals surface area contributed by atoms with Gasteiger partial charge in [0.05, 0.1) is 8.95 Å². The molecule has 1 aliphatic rings. The SMILES string of the molecule is [2H]C([2H])([2H])C1(C([2H])([2H])[2H])CCc2c(O)c(Br)cc3cc(Br)c(O)c1c23. The van der Waals surface area contributed by atoms with Crippen molar-refractivity contribution >= 4 is 42.6 Å². The van der Waals surface area contributed by atoms with E-state index in [1.165, 1.54) is 0 Å². The van der Waals surface area contributed by atoms with Crippen LogP contribution in [0, 0.1) is 0 Å². The van der Waals surface area contributed by atoms with Gasteiger partial charge in [-0.1, -0.05) is 13.7 Å². The molecule has 0 fully saturated rings. The van der Waals surface area contributed by atoms with Crippen molar-refractivity contribution in [2.75, 3.05) is 0 Å². The quantitative estimate of drug-likeness (QED) is 0.663. The summed E-state index contributed by atoms with van der Waals surface area (Å²) in [7, 11) is 0. The molecule has 2 aromatic rings. The summed E-state index contributed by atoms with van der Waals surface area (Å²) in [5, 5.41) is 21.8. The molecule has 0 heterocycles. The summed E-state index contributed by atoms with van der Waals surface area (Å²) < 4.78 is 48.5. The van der Waals surface area contributed by atoms with Gasteiger partial charge in [-0.25, -0.2) is 0 Å². The molecule has 3 rings (SSSR count). The average molecular weight is 392 g/mol. The van der Waals surface area contributed by atoms with Crippen molar-refractivity contribution in [3.63, 3.8) is 0 Å². The lowest BCUT2D eigenvalue weighted by molar-refractivity contribution is 0.409. The maximum Gasteiger partial charge on any atom is 0.134 e. The Morgan fingerprint density at radius 3 is 2.42 bits per heavy atom. The summed E-state index contributed by atoms with van der Waals surface area (Å²) >= 11 is 6.45. The van der Waals surface area contributed by atoms with Crippen LogP contribution in [-0.2, 0) is 11.8 Å². The Hall–Kier alpha value is -0.740. The van der Waals surface area contributed by atoms with Gasteiger partial charge in [0, 0.05) is 19.4 Å². The van der Waals surface area contributed by atoms with Crippen LogP contribution in [0.15, 0.2) is 21.1 Å². The van der Waals surface area contributed by atoms with E-state index in [1.54, 1.807) is 12.1 Å². The number of phenolic OH excluding ortho intramolecular Hbond substituents is 2. The third kappa shape index (κ3) is 1.80. The predicted molar refractivity (Wildman–Crippen MR) is 84.0 cm³/mol. The van der Waals surface area contributed by atoms with Crippen molar-refractivity contribution < 1.29 is 18.4 Å². The van der Waals surface area contributed by atoms with Crippen LogP contribution in [0.3, 0.4) is 0 Å². The standard InChI is InChI=1S/C15H14Br2O2/c1-15(2)4-3-8-11-7(5-9(16)13(8)18)6-10(17)14(19)12(11)15/h5-6,18-19H,3-4H2,1-2H3/i1D3,2D3. The normalized spacial score (nSPS) is 22.8. The summed E-state index contributed by atoms with van der Waals surface area (Å²) in [6.07, 6.45) is -0.164. The molecule has 2 aromatic carbocycles. The van der Waals surface area contributed by atoms with Crippen LogP contribution in [0.1, 0.15) is 39.5 Å². The molecule has 0 aromatic heterocycles. The molecule has 2 nitrogen and oxygen atoms in total. The molecule has 1 aliphatic carbocycles. The zero-order valence-corrected chi connectivity index (χ0v) is 12.9. The highest BCUT2D eigenvalue weighted by molar-refractivity contribution is 9.11. The highest BCUT2D eigenvalue weighted by Crippen LogP contribution is 2.51. The van der Waals surface area contributed by atoms with Crippen molar-refractivity contribution in [2.24, 2.45) is 0 Å². The molecular weight excluding hydrogens is 372 g/mol. The van der Waals surface area contributed by atoms with E-state index in [-0.39, 0.29) is 28.6 Å². The number of hydrogen-bond acceptors (Lipinski definition) is 2. The first-order valence-corrected chi connectivity index (χ1v) is 7.27. The van der Waals surface area contributed by atoms with E-state index in [4.69, 9.17) is 8.22 Å². The van der Waals surface area contributed by atoms with Crippen molar-refractivity contribution in [3.05, 3.63) is 32.2 Å². The minimum atomic E-state index is -2.87. The van der Waals surface area contributed by atoms with Crippen LogP contribution in [0.4, 0.5) is 0 Å². The van der Waals surface area contributed by atoms with Crippen LogP contribution in [0.5, 0.6) is 11.5 Å². The second-order valence-electron chi connectivity index (χ2n) is 4.77. The van der Waals surface area contributed by atoms with Crippen molar-refractivity contribution in [1.82, 2.24) is 0 Å². The van der Waals surface area contributed by atoms with Gasteiger partial charge in [-0.3, -0.25) is 0 Å². The molecule has 2 N–H and O–H groups in total. The predicted octanol–water partition coefficient (Wildman–Crippen LogP) is 5.00. The van der Waals surface area contributed by atoms with E-state index < -0.39 is 24.9 Å². The first kappa shape index (κ1) is 7.89. The number of rotatable bonds is 0. The van der Waals surface area contributed by atoms with Gasteiger partial charge in [-0.15, -0.1) is 0 Å². The lowest BCUT2D eigenvalue weighted by Gasteiger charge is -2.34. The molecule has 0 amide bonds. The summed E-state index contributed by atoms with van der Waals surface area (Å²) in [5.74, 6) is -0.484. The molecular formula is C15H14Br2O2. The number of aromatic hydroxyl groups is 2. The molecule has 0 aliphatic heterocycles. The zero-order valence-electron chi connectivity index (χ0n) is 15.7. The van der Waals surface area contributed by atoms with Gasteiger partial charge >= 0.3 is 0 Å². The Kier molecular flexibility index (Phi) is 1.71. The second-order valence-corrected chi connectivity index (χ2v) is 6.48. The topological polar surface area (TPSA) is 40.5 Å². The van der Waals surface area contributed by atoms with Crippen LogP contribution >= 0.6 is 31.9 Å². The fourth-order valence-corrected chi connectivity index (χ4v) is 3.59. The monoisotopic (exact) mass is 390 g/mol. The minimum absolute atomic E-state index is 0.0693. The van der Waals surface area contributed by atoms with Crippen LogP contribution in [-0.4, -0.2) is 10.2 Å². The summed E-state index contributed by atoms with van der Waals surface area (Å²) in [6, 6.07) is 3.16. The van der Waals surface area contributed by atoms with Gasteiger partial charge in [0.15, 0.2) is 0 Å². The Labute approximate surface area is 137 Å². The van der Waals surface area contributed by atoms with Gasteiger partial charge in [0.25, 0.3) is 0 Å². The van der Waals surface area contributed by atoms with Crippen LogP contribution < -0.4 is 0 Å². The molecule has 4 heteroatoms. The fraction of sp³-hybridized carbons (Fsp3) is 0.333. The fourth-order valence-electron chi connectivity index (χ4n) is 2.66. The van der Waals surface area contributed by atoms with E-state index in [0.717, 1.165) is 0 Å². The lowest BCUT2D eigenvalue weighted by Crippen LogP contribution is -2.23. The lowest BCUT2D eigenvalue weighted by atomic mass is 9.71. The molecule has 0 spiro atoms. The van der Waals surface area contributed by atoms with Gasteiger partial charge in [0.2, 0.25) is 0 Å². The van der Waals surface area contributed by atoms with E-state index in [0.29, 0.717) is 20.8 Å². The largest absolute Gasteiger partial charge is 0.506 e. The van der Waals surface area contributed by atoms with Crippen LogP contribution in [0.2, 0.25) is 0 Å². The summed E-state index contributed by atoms with van der Waals surface area (Å²) in [5.41, 5.74) is -1.94. The first-order chi connectivity index (χ1) is 11.3. The van der Waals surface area contributed by atoms with Gasteiger partial charge in [0.1, 0.15) is 11.5 Å². The molecule has 0 radical (unpaired) electrons. The number of benzene rings is 2. The minimum Gasteiger partial charge on any atom is -0.506 e. The Morgan fingerprint density at radius 2 is 1.79 bits per heavy atom. The first-order valence-electron chi connectivity index (χ1n) is 8.69. The number of phenols is 2. The van der Waals surface area contributed by atoms with E-state index in [1.807, 2.05) is 0 Å². The molecule has 0 unspecified atom stereocenters. The third-order valence-electron chi connectivity index (χ3n) is 3.56. The summed E-state index contributed by atoms with van der Waals surface area (Å²) in [6.45, 7) is -5.74. The van der Waals surface area contributed by atoms with Gasteiger partial charge < -0.3 is 10.2 Å². The van der Waals surface area contributed by atoms with E-state index >= 15 is 0 Å². The summed E-state index contributed by atoms with van der Waals surface area (Å²) in [4.78, 5) is 0. The Balaban J connectivity index is 2.61. The van der Waals surface area contributed by atoms with E-state index in [2.05, 4.69) is 31.9 Å². The maximum atomic E-state index is 10.6. The van der Waals surface area contributed by atoms with Gasteiger partial charge in [-0.2, -0.15) is 0 Å². The number of hydrogen-bond donors (Lipinski definition) is 2. The highest BCUT2D eigenvalue weighted by Gasteiger charge is 2.33. The molecule has 100 valence electrons. The smallest absolute Gasteiger partial charge is 0.134 e. The molecule has 0 atom stereocenters. The molecule has 0 saturated carbocycles. The second kappa shape index (κ2) is 4.13. The van der Waals surface area contributed by atoms with Crippen molar-refractivity contribution in [2.45, 2.75) is 32.0 Å². The van der Waals surface area contributed by atoms with E-state index in [9.17, 15) is 10.2 Å². The Bertz CT molecular complexity index is 869. The molecule has 0 saturated heterocycles. The van der Waals surface area contributed by atoms with Crippen molar-refractivity contribution in [1.29, 1.82) is 0 Å². The maximum absolute atomic E-state index is 10.6. The molecule has 19 heavy (non-hydrogen) atoms. The highest BCUT2D eigenvalue weighted by atomic mass is 79.9. The van der Waals surface area contributed by atoms with Crippen molar-refractivity contribution in [3.8, 4) is 11.5 Å². The zero-order chi connectivity index (χ0) is 18.9.